The molecule has 0 amide bonds. The number of para-hydroxylation sites is 1. The van der Waals surface area contributed by atoms with Crippen molar-refractivity contribution in [2.45, 2.75) is 37.8 Å². The Hall–Kier alpha value is -3.58. The first-order valence-corrected chi connectivity index (χ1v) is 12.4. The average molecular weight is 470 g/mol. The number of nitrogens with zero attached hydrogens (tertiary/aromatic N) is 4. The molecular formula is C28H28FN5O. The van der Waals surface area contributed by atoms with Gasteiger partial charge in [-0.25, -0.2) is 9.37 Å². The zero-order valence-electron chi connectivity index (χ0n) is 19.5. The molecule has 3 heterocycles. The predicted molar refractivity (Wildman–Crippen MR) is 136 cm³/mol. The van der Waals surface area contributed by atoms with Crippen molar-refractivity contribution in [3.8, 4) is 0 Å². The highest BCUT2D eigenvalue weighted by atomic mass is 19.1. The molecule has 1 saturated heterocycles. The number of hydrogen-bond donors (Lipinski definition) is 1. The van der Waals surface area contributed by atoms with E-state index < -0.39 is 0 Å². The second-order valence-corrected chi connectivity index (χ2v) is 9.51. The summed E-state index contributed by atoms with van der Waals surface area (Å²) in [5, 5.41) is 4.25. The highest BCUT2D eigenvalue weighted by Gasteiger charge is 2.35. The van der Waals surface area contributed by atoms with Crippen molar-refractivity contribution in [2.24, 2.45) is 5.92 Å². The number of benzene rings is 2. The molecule has 1 N–H and O–H groups in total. The van der Waals surface area contributed by atoms with Crippen LogP contribution in [0.1, 0.15) is 37.3 Å². The summed E-state index contributed by atoms with van der Waals surface area (Å²) in [7, 11) is 0. The maximum atomic E-state index is 13.7. The van der Waals surface area contributed by atoms with Gasteiger partial charge in [0.1, 0.15) is 11.5 Å². The van der Waals surface area contributed by atoms with Crippen molar-refractivity contribution < 1.29 is 4.39 Å². The third-order valence-electron chi connectivity index (χ3n) is 7.14. The number of halogens is 1. The van der Waals surface area contributed by atoms with E-state index in [0.717, 1.165) is 55.4 Å². The number of rotatable bonds is 6. The molecule has 2 aromatic carbocycles. The molecule has 6 rings (SSSR count). The maximum absolute atomic E-state index is 13.7. The molecule has 2 fully saturated rings. The van der Waals surface area contributed by atoms with Crippen molar-refractivity contribution in [2.75, 3.05) is 18.0 Å². The van der Waals surface area contributed by atoms with E-state index in [1.165, 1.54) is 12.1 Å². The van der Waals surface area contributed by atoms with Crippen LogP contribution in [0.2, 0.25) is 0 Å². The molecule has 35 heavy (non-hydrogen) atoms. The van der Waals surface area contributed by atoms with Gasteiger partial charge in [0.15, 0.2) is 0 Å². The summed E-state index contributed by atoms with van der Waals surface area (Å²) in [5.41, 5.74) is 2.50. The summed E-state index contributed by atoms with van der Waals surface area (Å²) in [6.45, 7) is 1.89. The van der Waals surface area contributed by atoms with E-state index in [0.29, 0.717) is 17.5 Å². The highest BCUT2D eigenvalue weighted by Crippen LogP contribution is 2.44. The topological polar surface area (TPSA) is 63.1 Å². The Labute approximate surface area is 203 Å². The maximum Gasteiger partial charge on any atom is 0.252 e. The first-order valence-electron chi connectivity index (χ1n) is 12.4. The van der Waals surface area contributed by atoms with Crippen molar-refractivity contribution in [3.05, 3.63) is 94.7 Å². The van der Waals surface area contributed by atoms with Gasteiger partial charge in [0.05, 0.1) is 6.04 Å². The van der Waals surface area contributed by atoms with Crippen LogP contribution in [-0.2, 0) is 0 Å². The van der Waals surface area contributed by atoms with E-state index in [-0.39, 0.29) is 23.5 Å². The molecule has 0 spiro atoms. The van der Waals surface area contributed by atoms with Crippen LogP contribution in [0.25, 0.3) is 11.0 Å². The van der Waals surface area contributed by atoms with E-state index >= 15 is 0 Å². The van der Waals surface area contributed by atoms with Gasteiger partial charge in [0.25, 0.3) is 5.56 Å². The van der Waals surface area contributed by atoms with Gasteiger partial charge < -0.3 is 10.2 Å². The minimum absolute atomic E-state index is 0.100. The number of fused-ring (bicyclic) bond motifs is 1. The lowest BCUT2D eigenvalue weighted by atomic mass is 10.0. The number of aromatic nitrogens is 3. The van der Waals surface area contributed by atoms with Gasteiger partial charge in [0.2, 0.25) is 5.95 Å². The first kappa shape index (κ1) is 21.9. The second kappa shape index (κ2) is 9.23. The Morgan fingerprint density at radius 1 is 0.943 bits per heavy atom. The van der Waals surface area contributed by atoms with E-state index in [9.17, 15) is 9.18 Å². The predicted octanol–water partition coefficient (Wildman–Crippen LogP) is 4.82. The van der Waals surface area contributed by atoms with Crippen LogP contribution >= 0.6 is 0 Å². The fourth-order valence-electron chi connectivity index (χ4n) is 5.26. The lowest BCUT2D eigenvalue weighted by molar-refractivity contribution is 0.448. The Bertz CT molecular complexity index is 1380. The summed E-state index contributed by atoms with van der Waals surface area (Å²) in [6, 6.07) is 20.2. The number of pyridine rings is 1. The van der Waals surface area contributed by atoms with Crippen LogP contribution in [0.4, 0.5) is 16.0 Å². The molecule has 178 valence electrons. The molecule has 4 aromatic rings. The van der Waals surface area contributed by atoms with E-state index in [1.807, 2.05) is 24.4 Å². The van der Waals surface area contributed by atoms with Crippen LogP contribution in [0.5, 0.6) is 0 Å². The molecule has 7 heteroatoms. The third kappa shape index (κ3) is 4.32. The van der Waals surface area contributed by atoms with Gasteiger partial charge in [-0.1, -0.05) is 30.3 Å². The van der Waals surface area contributed by atoms with Crippen LogP contribution in [0.3, 0.4) is 0 Å². The summed E-state index contributed by atoms with van der Waals surface area (Å²) >= 11 is 0. The van der Waals surface area contributed by atoms with Crippen molar-refractivity contribution in [1.82, 2.24) is 19.9 Å². The Morgan fingerprint density at radius 2 is 1.69 bits per heavy atom. The molecule has 2 aromatic heterocycles. The monoisotopic (exact) mass is 469 g/mol. The average Bonchev–Trinajstić information content (AvgIpc) is 3.73. The van der Waals surface area contributed by atoms with E-state index in [4.69, 9.17) is 9.97 Å². The lowest BCUT2D eigenvalue weighted by Gasteiger charge is -2.35. The molecule has 1 aliphatic carbocycles. The molecule has 1 unspecified atom stereocenters. The number of hydrogen-bond acceptors (Lipinski definition) is 5. The van der Waals surface area contributed by atoms with Gasteiger partial charge in [-0.2, -0.15) is 4.98 Å². The second-order valence-electron chi connectivity index (χ2n) is 9.51. The molecule has 6 nitrogen and oxygen atoms in total. The Balaban J connectivity index is 1.52. The van der Waals surface area contributed by atoms with Crippen LogP contribution < -0.4 is 15.8 Å². The smallest absolute Gasteiger partial charge is 0.252 e. The summed E-state index contributed by atoms with van der Waals surface area (Å²) in [6.07, 6.45) is 5.86. The summed E-state index contributed by atoms with van der Waals surface area (Å²) in [4.78, 5) is 25.3. The lowest BCUT2D eigenvalue weighted by Crippen LogP contribution is -2.41. The van der Waals surface area contributed by atoms with Crippen molar-refractivity contribution in [3.63, 3.8) is 0 Å². The fourth-order valence-corrected chi connectivity index (χ4v) is 5.26. The largest absolute Gasteiger partial charge is 0.317 e. The molecular weight excluding hydrogens is 441 g/mol. The zero-order valence-corrected chi connectivity index (χ0v) is 19.5. The summed E-state index contributed by atoms with van der Waals surface area (Å²) < 4.78 is 15.5. The Kier molecular flexibility index (Phi) is 5.78. The number of anilines is 2. The van der Waals surface area contributed by atoms with Gasteiger partial charge in [0, 0.05) is 29.4 Å². The van der Waals surface area contributed by atoms with Gasteiger partial charge >= 0.3 is 0 Å². The highest BCUT2D eigenvalue weighted by molar-refractivity contribution is 5.76. The SMILES string of the molecule is O=c1ccc2cnc(N(c3ccccc3)C3CCNCC3)nc2n1C(c1ccc(F)cc1)C1CC1. The quantitative estimate of drug-likeness (QED) is 0.439. The van der Waals surface area contributed by atoms with Crippen LogP contribution in [0, 0.1) is 11.7 Å². The Morgan fingerprint density at radius 3 is 2.40 bits per heavy atom. The van der Waals surface area contributed by atoms with Crippen molar-refractivity contribution >= 4 is 22.7 Å². The van der Waals surface area contributed by atoms with Gasteiger partial charge in [-0.15, -0.1) is 0 Å². The van der Waals surface area contributed by atoms with Crippen LogP contribution in [0.15, 0.2) is 77.7 Å². The van der Waals surface area contributed by atoms with Gasteiger partial charge in [-0.05, 0) is 80.6 Å². The third-order valence-corrected chi connectivity index (χ3v) is 7.14. The number of nitrogens with one attached hydrogen (secondary N) is 1. The first-order chi connectivity index (χ1) is 17.2. The minimum Gasteiger partial charge on any atom is -0.317 e. The fraction of sp³-hybridized carbons (Fsp3) is 0.321. The molecule has 1 saturated carbocycles. The molecule has 0 radical (unpaired) electrons. The van der Waals surface area contributed by atoms with E-state index in [1.54, 1.807) is 28.8 Å². The molecule has 0 bridgehead atoms. The molecule has 1 atom stereocenters. The van der Waals surface area contributed by atoms with Crippen molar-refractivity contribution in [1.29, 1.82) is 0 Å². The minimum atomic E-state index is -0.279. The molecule has 2 aliphatic rings. The molecule has 1 aliphatic heterocycles. The zero-order chi connectivity index (χ0) is 23.8. The summed E-state index contributed by atoms with van der Waals surface area (Å²) in [5.74, 6) is 0.652. The standard InChI is InChI=1S/C28H28FN5O/c29-22-11-8-20(9-12-22)26(19-6-7-19)34-25(35)13-10-21-18-31-28(32-27(21)34)33(23-4-2-1-3-5-23)24-14-16-30-17-15-24/h1-5,8-13,18-19,24,26,30H,6-7,14-17H2. The van der Waals surface area contributed by atoms with Crippen LogP contribution in [-0.4, -0.2) is 33.7 Å². The van der Waals surface area contributed by atoms with Gasteiger partial charge in [-0.3, -0.25) is 9.36 Å². The number of piperidine rings is 1. The van der Waals surface area contributed by atoms with E-state index in [2.05, 4.69) is 22.3 Å². The normalized spacial score (nSPS) is 17.4.